The van der Waals surface area contributed by atoms with Crippen molar-refractivity contribution in [2.24, 2.45) is 0 Å². The first-order valence-corrected chi connectivity index (χ1v) is 3.86. The molecule has 60 valence electrons. The number of aldehydes is 1. The Bertz CT molecular complexity index is 380. The second kappa shape index (κ2) is 2.78. The van der Waals surface area contributed by atoms with Crippen LogP contribution in [0.25, 0.3) is 5.13 Å². The molecule has 0 atom stereocenters. The Morgan fingerprint density at radius 2 is 2.50 bits per heavy atom. The van der Waals surface area contributed by atoms with Crippen molar-refractivity contribution in [3.63, 3.8) is 0 Å². The van der Waals surface area contributed by atoms with Crippen molar-refractivity contribution in [3.05, 3.63) is 17.4 Å². The van der Waals surface area contributed by atoms with Crippen LogP contribution >= 0.6 is 11.3 Å². The number of hydrogen-bond acceptors (Lipinski definition) is 6. The van der Waals surface area contributed by atoms with Crippen LogP contribution in [0.1, 0.15) is 9.67 Å². The average molecular weight is 181 g/mol. The Labute approximate surface area is 70.9 Å². The number of tetrazole rings is 1. The van der Waals surface area contributed by atoms with Gasteiger partial charge in [-0.15, -0.1) is 5.10 Å². The maximum Gasteiger partial charge on any atom is 0.213 e. The molecule has 0 bridgehead atoms. The molecule has 6 nitrogen and oxygen atoms in total. The molecule has 0 saturated heterocycles. The maximum absolute atomic E-state index is 10.3. The van der Waals surface area contributed by atoms with Crippen molar-refractivity contribution in [2.45, 2.75) is 0 Å². The van der Waals surface area contributed by atoms with Gasteiger partial charge in [0, 0.05) is 0 Å². The third kappa shape index (κ3) is 1.10. The lowest BCUT2D eigenvalue weighted by atomic mass is 10.6. The number of aromatic nitrogens is 5. The molecule has 0 amide bonds. The summed E-state index contributed by atoms with van der Waals surface area (Å²) in [5, 5.41) is 11.1. The highest BCUT2D eigenvalue weighted by Crippen LogP contribution is 2.12. The molecule has 0 aromatic carbocycles. The molecule has 0 fully saturated rings. The highest BCUT2D eigenvalue weighted by molar-refractivity contribution is 7.15. The molecule has 0 saturated carbocycles. The zero-order chi connectivity index (χ0) is 8.39. The molecule has 0 aliphatic rings. The van der Waals surface area contributed by atoms with Gasteiger partial charge in [-0.1, -0.05) is 11.3 Å². The molecule has 2 aromatic heterocycles. The van der Waals surface area contributed by atoms with E-state index >= 15 is 0 Å². The first kappa shape index (κ1) is 7.04. The largest absolute Gasteiger partial charge is 0.297 e. The Hall–Kier alpha value is -1.63. The van der Waals surface area contributed by atoms with Crippen molar-refractivity contribution >= 4 is 17.6 Å². The van der Waals surface area contributed by atoms with Gasteiger partial charge in [0.2, 0.25) is 5.13 Å². The van der Waals surface area contributed by atoms with Crippen LogP contribution in [-0.4, -0.2) is 31.5 Å². The zero-order valence-corrected chi connectivity index (χ0v) is 6.60. The normalized spacial score (nSPS) is 10.0. The summed E-state index contributed by atoms with van der Waals surface area (Å²) in [5.41, 5.74) is 0. The number of rotatable bonds is 2. The van der Waals surface area contributed by atoms with E-state index < -0.39 is 0 Å². The standard InChI is InChI=1S/C5H3N5OS/c11-2-4-1-6-5(12-4)10-3-7-8-9-10/h1-3H. The van der Waals surface area contributed by atoms with Crippen LogP contribution in [0.3, 0.4) is 0 Å². The van der Waals surface area contributed by atoms with Gasteiger partial charge in [-0.05, 0) is 10.4 Å². The molecule has 0 N–H and O–H groups in total. The number of hydrogen-bond donors (Lipinski definition) is 0. The van der Waals surface area contributed by atoms with Gasteiger partial charge < -0.3 is 0 Å². The number of carbonyl (C=O) groups excluding carboxylic acids is 1. The fourth-order valence-corrected chi connectivity index (χ4v) is 1.33. The van der Waals surface area contributed by atoms with Crippen LogP contribution < -0.4 is 0 Å². The lowest BCUT2D eigenvalue weighted by Crippen LogP contribution is -1.92. The van der Waals surface area contributed by atoms with Crippen molar-refractivity contribution in [1.29, 1.82) is 0 Å². The first-order chi connectivity index (χ1) is 5.90. The molecule has 0 spiro atoms. The summed E-state index contributed by atoms with van der Waals surface area (Å²) in [5.74, 6) is 0. The minimum atomic E-state index is 0.556. The number of carbonyl (C=O) groups is 1. The smallest absolute Gasteiger partial charge is 0.213 e. The van der Waals surface area contributed by atoms with Gasteiger partial charge in [-0.3, -0.25) is 4.79 Å². The van der Waals surface area contributed by atoms with Gasteiger partial charge in [0.15, 0.2) is 6.29 Å². The minimum absolute atomic E-state index is 0.556. The van der Waals surface area contributed by atoms with Crippen LogP contribution in [0.2, 0.25) is 0 Å². The minimum Gasteiger partial charge on any atom is -0.297 e. The monoisotopic (exact) mass is 181 g/mol. The number of nitrogens with zero attached hydrogens (tertiary/aromatic N) is 5. The van der Waals surface area contributed by atoms with Gasteiger partial charge in [-0.2, -0.15) is 4.68 Å². The predicted molar refractivity (Wildman–Crippen MR) is 40.2 cm³/mol. The van der Waals surface area contributed by atoms with E-state index in [0.29, 0.717) is 10.0 Å². The second-order valence-corrected chi connectivity index (χ2v) is 2.96. The Morgan fingerprint density at radius 1 is 1.58 bits per heavy atom. The van der Waals surface area contributed by atoms with Crippen molar-refractivity contribution in [3.8, 4) is 5.13 Å². The van der Waals surface area contributed by atoms with Crippen LogP contribution in [0, 0.1) is 0 Å². The molecule has 2 heterocycles. The Balaban J connectivity index is 2.41. The molecule has 0 aliphatic carbocycles. The third-order valence-corrected chi connectivity index (χ3v) is 2.08. The summed E-state index contributed by atoms with van der Waals surface area (Å²) < 4.78 is 1.40. The van der Waals surface area contributed by atoms with Gasteiger partial charge in [0.05, 0.1) is 11.1 Å². The molecule has 2 rings (SSSR count). The third-order valence-electron chi connectivity index (χ3n) is 1.17. The summed E-state index contributed by atoms with van der Waals surface area (Å²) in [6.07, 6.45) is 3.65. The molecule has 2 aromatic rings. The second-order valence-electron chi connectivity index (χ2n) is 1.92. The van der Waals surface area contributed by atoms with Gasteiger partial charge in [0.1, 0.15) is 6.33 Å². The Kier molecular flexibility index (Phi) is 1.63. The molecular weight excluding hydrogens is 178 g/mol. The van der Waals surface area contributed by atoms with E-state index in [4.69, 9.17) is 0 Å². The van der Waals surface area contributed by atoms with Crippen molar-refractivity contribution < 1.29 is 4.79 Å². The first-order valence-electron chi connectivity index (χ1n) is 3.04. The van der Waals surface area contributed by atoms with Crippen molar-refractivity contribution in [2.75, 3.05) is 0 Å². The summed E-state index contributed by atoms with van der Waals surface area (Å²) in [7, 11) is 0. The predicted octanol–water partition coefficient (Wildman–Crippen LogP) is -0.0687. The molecule has 0 unspecified atom stereocenters. The van der Waals surface area contributed by atoms with Crippen molar-refractivity contribution in [1.82, 2.24) is 25.2 Å². The topological polar surface area (TPSA) is 73.6 Å². The molecule has 12 heavy (non-hydrogen) atoms. The SMILES string of the molecule is O=Cc1cnc(-n2cnnn2)s1. The summed E-state index contributed by atoms with van der Waals surface area (Å²) in [4.78, 5) is 14.8. The van der Waals surface area contributed by atoms with E-state index in [1.807, 2.05) is 0 Å². The molecule has 7 heteroatoms. The van der Waals surface area contributed by atoms with Crippen LogP contribution in [0.5, 0.6) is 0 Å². The van der Waals surface area contributed by atoms with Gasteiger partial charge in [-0.25, -0.2) is 4.98 Å². The van der Waals surface area contributed by atoms with Gasteiger partial charge in [0.25, 0.3) is 0 Å². The lowest BCUT2D eigenvalue weighted by Gasteiger charge is -1.86. The van der Waals surface area contributed by atoms with E-state index in [1.54, 1.807) is 0 Å². The lowest BCUT2D eigenvalue weighted by molar-refractivity contribution is 0.112. The fraction of sp³-hybridized carbons (Fsp3) is 0. The zero-order valence-electron chi connectivity index (χ0n) is 5.78. The van der Waals surface area contributed by atoms with E-state index in [-0.39, 0.29) is 0 Å². The quantitative estimate of drug-likeness (QED) is 0.606. The van der Waals surface area contributed by atoms with E-state index in [2.05, 4.69) is 20.5 Å². The molecule has 0 radical (unpaired) electrons. The van der Waals surface area contributed by atoms with E-state index in [9.17, 15) is 4.79 Å². The van der Waals surface area contributed by atoms with E-state index in [0.717, 1.165) is 6.29 Å². The fourth-order valence-electron chi connectivity index (χ4n) is 0.686. The molecular formula is C5H3N5OS. The summed E-state index contributed by atoms with van der Waals surface area (Å²) >= 11 is 1.23. The summed E-state index contributed by atoms with van der Waals surface area (Å²) in [6.45, 7) is 0. The summed E-state index contributed by atoms with van der Waals surface area (Å²) in [6, 6.07) is 0. The highest BCUT2D eigenvalue weighted by atomic mass is 32.1. The van der Waals surface area contributed by atoms with Crippen LogP contribution in [0.4, 0.5) is 0 Å². The van der Waals surface area contributed by atoms with Crippen LogP contribution in [-0.2, 0) is 0 Å². The van der Waals surface area contributed by atoms with Gasteiger partial charge >= 0.3 is 0 Å². The van der Waals surface area contributed by atoms with E-state index in [1.165, 1.54) is 28.5 Å². The average Bonchev–Trinajstić information content (AvgIpc) is 2.75. The highest BCUT2D eigenvalue weighted by Gasteiger charge is 2.03. The Morgan fingerprint density at radius 3 is 3.08 bits per heavy atom. The number of thiazole rings is 1. The maximum atomic E-state index is 10.3. The molecule has 0 aliphatic heterocycles. The van der Waals surface area contributed by atoms with Crippen LogP contribution in [0.15, 0.2) is 12.5 Å².